The van der Waals surface area contributed by atoms with Crippen molar-refractivity contribution in [1.29, 1.82) is 0 Å². The molecule has 1 saturated heterocycles. The summed E-state index contributed by atoms with van der Waals surface area (Å²) < 4.78 is 0. The molecule has 0 N–H and O–H groups in total. The maximum absolute atomic E-state index is 12.5. The summed E-state index contributed by atoms with van der Waals surface area (Å²) in [7, 11) is 1.94. The standard InChI is InChI=1S/C19H29N3O2/c1-15(23)21-10-12-22(13-11-21)18(24)14-20(5)17-8-6-16(7-9-17)19(2,3)4/h6-9H,10-14H2,1-5H3. The maximum atomic E-state index is 12.5. The molecule has 2 amide bonds. The summed E-state index contributed by atoms with van der Waals surface area (Å²) in [5, 5.41) is 0. The van der Waals surface area contributed by atoms with Crippen molar-refractivity contribution in [2.24, 2.45) is 0 Å². The number of rotatable bonds is 3. The second-order valence-corrected chi connectivity index (χ2v) is 7.54. The lowest BCUT2D eigenvalue weighted by molar-refractivity contribution is -0.137. The molecule has 1 heterocycles. The zero-order valence-corrected chi connectivity index (χ0v) is 15.5. The van der Waals surface area contributed by atoms with Crippen LogP contribution >= 0.6 is 0 Å². The van der Waals surface area contributed by atoms with E-state index in [9.17, 15) is 9.59 Å². The van der Waals surface area contributed by atoms with Crippen LogP contribution in [0, 0.1) is 0 Å². The Bertz CT molecular complexity index is 582. The number of hydrogen-bond acceptors (Lipinski definition) is 3. The Labute approximate surface area is 145 Å². The van der Waals surface area contributed by atoms with Crippen LogP contribution in [-0.4, -0.2) is 61.4 Å². The molecule has 2 rings (SSSR count). The lowest BCUT2D eigenvalue weighted by Gasteiger charge is -2.35. The Morgan fingerprint density at radius 2 is 1.50 bits per heavy atom. The number of carbonyl (C=O) groups excluding carboxylic acids is 2. The molecule has 1 fully saturated rings. The summed E-state index contributed by atoms with van der Waals surface area (Å²) in [6.45, 7) is 11.0. The van der Waals surface area contributed by atoms with Crippen LogP contribution in [-0.2, 0) is 15.0 Å². The van der Waals surface area contributed by atoms with E-state index in [0.29, 0.717) is 32.7 Å². The Hall–Kier alpha value is -2.04. The van der Waals surface area contributed by atoms with Crippen LogP contribution in [0.25, 0.3) is 0 Å². The van der Waals surface area contributed by atoms with Gasteiger partial charge in [-0.3, -0.25) is 9.59 Å². The third kappa shape index (κ3) is 4.49. The van der Waals surface area contributed by atoms with Crippen molar-refractivity contribution in [3.05, 3.63) is 29.8 Å². The van der Waals surface area contributed by atoms with Crippen molar-refractivity contribution in [1.82, 2.24) is 9.80 Å². The van der Waals surface area contributed by atoms with Crippen LogP contribution in [0.3, 0.4) is 0 Å². The second kappa shape index (κ2) is 7.24. The maximum Gasteiger partial charge on any atom is 0.242 e. The molecule has 24 heavy (non-hydrogen) atoms. The quantitative estimate of drug-likeness (QED) is 0.852. The zero-order valence-electron chi connectivity index (χ0n) is 15.5. The second-order valence-electron chi connectivity index (χ2n) is 7.54. The van der Waals surface area contributed by atoms with Crippen LogP contribution in [0.5, 0.6) is 0 Å². The highest BCUT2D eigenvalue weighted by molar-refractivity contribution is 5.82. The molecule has 0 spiro atoms. The van der Waals surface area contributed by atoms with Crippen molar-refractivity contribution in [3.63, 3.8) is 0 Å². The van der Waals surface area contributed by atoms with Crippen LogP contribution in [0.1, 0.15) is 33.3 Å². The van der Waals surface area contributed by atoms with Crippen molar-refractivity contribution in [3.8, 4) is 0 Å². The molecule has 5 heteroatoms. The average Bonchev–Trinajstić information content (AvgIpc) is 2.54. The molecule has 1 aliphatic rings. The summed E-state index contributed by atoms with van der Waals surface area (Å²) in [4.78, 5) is 29.4. The molecule has 0 saturated carbocycles. The molecule has 1 aliphatic heterocycles. The molecule has 1 aromatic carbocycles. The number of anilines is 1. The van der Waals surface area contributed by atoms with Gasteiger partial charge >= 0.3 is 0 Å². The van der Waals surface area contributed by atoms with Gasteiger partial charge in [0.25, 0.3) is 0 Å². The van der Waals surface area contributed by atoms with Gasteiger partial charge in [0, 0.05) is 45.8 Å². The lowest BCUT2D eigenvalue weighted by Crippen LogP contribution is -2.52. The lowest BCUT2D eigenvalue weighted by atomic mass is 9.87. The van der Waals surface area contributed by atoms with Gasteiger partial charge in [-0.05, 0) is 23.1 Å². The molecule has 0 radical (unpaired) electrons. The summed E-state index contributed by atoms with van der Waals surface area (Å²) in [6, 6.07) is 8.40. The third-order valence-electron chi connectivity index (χ3n) is 4.62. The first-order valence-corrected chi connectivity index (χ1v) is 8.53. The van der Waals surface area contributed by atoms with Gasteiger partial charge in [-0.15, -0.1) is 0 Å². The number of amides is 2. The Balaban J connectivity index is 1.91. The summed E-state index contributed by atoms with van der Waals surface area (Å²) in [5.74, 6) is 0.193. The van der Waals surface area contributed by atoms with Crippen molar-refractivity contribution >= 4 is 17.5 Å². The molecular weight excluding hydrogens is 302 g/mol. The largest absolute Gasteiger partial charge is 0.365 e. The molecule has 132 valence electrons. The van der Waals surface area contributed by atoms with Crippen molar-refractivity contribution in [2.45, 2.75) is 33.1 Å². The number of nitrogens with zero attached hydrogens (tertiary/aromatic N) is 3. The minimum Gasteiger partial charge on any atom is -0.365 e. The van der Waals surface area contributed by atoms with E-state index in [-0.39, 0.29) is 17.2 Å². The van der Waals surface area contributed by atoms with Crippen molar-refractivity contribution < 1.29 is 9.59 Å². The highest BCUT2D eigenvalue weighted by Gasteiger charge is 2.23. The van der Waals surface area contributed by atoms with Gasteiger partial charge in [0.05, 0.1) is 6.54 Å². The number of hydrogen-bond donors (Lipinski definition) is 0. The molecule has 0 aromatic heterocycles. The van der Waals surface area contributed by atoms with Crippen LogP contribution in [0.15, 0.2) is 24.3 Å². The number of piperazine rings is 1. The Kier molecular flexibility index (Phi) is 5.52. The SMILES string of the molecule is CC(=O)N1CCN(C(=O)CN(C)c2ccc(C(C)(C)C)cc2)CC1. The average molecular weight is 331 g/mol. The smallest absolute Gasteiger partial charge is 0.242 e. The predicted molar refractivity (Wildman–Crippen MR) is 97.2 cm³/mol. The number of benzene rings is 1. The fourth-order valence-corrected chi connectivity index (χ4v) is 2.88. The van der Waals surface area contributed by atoms with Crippen LogP contribution < -0.4 is 4.90 Å². The van der Waals surface area contributed by atoms with E-state index >= 15 is 0 Å². The van der Waals surface area contributed by atoms with Gasteiger partial charge in [-0.2, -0.15) is 0 Å². The van der Waals surface area contributed by atoms with Gasteiger partial charge in [0.2, 0.25) is 11.8 Å². The molecule has 0 aliphatic carbocycles. The minimum absolute atomic E-state index is 0.0816. The first-order chi connectivity index (χ1) is 11.2. The molecule has 1 aromatic rings. The highest BCUT2D eigenvalue weighted by atomic mass is 16.2. The van der Waals surface area contributed by atoms with Gasteiger partial charge in [-0.25, -0.2) is 0 Å². The van der Waals surface area contributed by atoms with E-state index in [4.69, 9.17) is 0 Å². The van der Waals surface area contributed by atoms with Crippen LogP contribution in [0.2, 0.25) is 0 Å². The van der Waals surface area contributed by atoms with E-state index in [1.807, 2.05) is 16.8 Å². The van der Waals surface area contributed by atoms with Gasteiger partial charge in [0.1, 0.15) is 0 Å². The van der Waals surface area contributed by atoms with E-state index < -0.39 is 0 Å². The summed E-state index contributed by atoms with van der Waals surface area (Å²) in [6.07, 6.45) is 0. The van der Waals surface area contributed by atoms with Gasteiger partial charge in [-0.1, -0.05) is 32.9 Å². The number of carbonyl (C=O) groups is 2. The highest BCUT2D eigenvalue weighted by Crippen LogP contribution is 2.24. The molecule has 0 atom stereocenters. The van der Waals surface area contributed by atoms with Gasteiger partial charge < -0.3 is 14.7 Å². The summed E-state index contributed by atoms with van der Waals surface area (Å²) >= 11 is 0. The van der Waals surface area contributed by atoms with Crippen molar-refractivity contribution in [2.75, 3.05) is 44.7 Å². The molecule has 5 nitrogen and oxygen atoms in total. The van der Waals surface area contributed by atoms with E-state index in [2.05, 4.69) is 45.0 Å². The Morgan fingerprint density at radius 3 is 1.96 bits per heavy atom. The van der Waals surface area contributed by atoms with E-state index in [1.54, 1.807) is 11.8 Å². The summed E-state index contributed by atoms with van der Waals surface area (Å²) in [5.41, 5.74) is 2.45. The zero-order chi connectivity index (χ0) is 17.9. The molecule has 0 bridgehead atoms. The number of likely N-dealkylation sites (N-methyl/N-ethyl adjacent to an activating group) is 1. The Morgan fingerprint density at radius 1 is 1.00 bits per heavy atom. The molecule has 0 unspecified atom stereocenters. The van der Waals surface area contributed by atoms with Gasteiger partial charge in [0.15, 0.2) is 0 Å². The monoisotopic (exact) mass is 331 g/mol. The normalized spacial score (nSPS) is 15.4. The predicted octanol–water partition coefficient (Wildman–Crippen LogP) is 2.11. The first kappa shape index (κ1) is 18.3. The van der Waals surface area contributed by atoms with E-state index in [0.717, 1.165) is 5.69 Å². The molecular formula is C19H29N3O2. The minimum atomic E-state index is 0.0816. The van der Waals surface area contributed by atoms with E-state index in [1.165, 1.54) is 5.56 Å². The fourth-order valence-electron chi connectivity index (χ4n) is 2.88. The fraction of sp³-hybridized carbons (Fsp3) is 0.579. The topological polar surface area (TPSA) is 43.9 Å². The third-order valence-corrected chi connectivity index (χ3v) is 4.62. The first-order valence-electron chi connectivity index (χ1n) is 8.53. The van der Waals surface area contributed by atoms with Crippen LogP contribution in [0.4, 0.5) is 5.69 Å².